The number of aromatic nitrogens is 3. The van der Waals surface area contributed by atoms with E-state index in [9.17, 15) is 4.79 Å². The molecule has 3 rings (SSSR count). The summed E-state index contributed by atoms with van der Waals surface area (Å²) in [5.41, 5.74) is 0.581. The second-order valence-electron chi connectivity index (χ2n) is 4.85. The van der Waals surface area contributed by atoms with Crippen LogP contribution < -0.4 is 0 Å². The van der Waals surface area contributed by atoms with Crippen LogP contribution >= 0.6 is 0 Å². The Morgan fingerprint density at radius 1 is 1.47 bits per heavy atom. The van der Waals surface area contributed by atoms with Gasteiger partial charge in [-0.2, -0.15) is 0 Å². The van der Waals surface area contributed by atoms with Crippen molar-refractivity contribution in [3.63, 3.8) is 0 Å². The predicted octanol–water partition coefficient (Wildman–Crippen LogP) is -0.0462. The summed E-state index contributed by atoms with van der Waals surface area (Å²) >= 11 is 0. The molecule has 1 aliphatic carbocycles. The number of hydrogen-bond acceptors (Lipinski definition) is 4. The van der Waals surface area contributed by atoms with E-state index in [0.29, 0.717) is 11.6 Å². The first-order valence-corrected chi connectivity index (χ1v) is 6.08. The molecule has 17 heavy (non-hydrogen) atoms. The van der Waals surface area contributed by atoms with Crippen LogP contribution in [0.25, 0.3) is 0 Å². The zero-order chi connectivity index (χ0) is 11.8. The third-order valence-electron chi connectivity index (χ3n) is 3.50. The first kappa shape index (κ1) is 10.7. The summed E-state index contributed by atoms with van der Waals surface area (Å²) in [5, 5.41) is 16.8. The molecule has 0 bridgehead atoms. The molecule has 92 valence electrons. The average molecular weight is 236 g/mol. The molecule has 1 saturated heterocycles. The minimum Gasteiger partial charge on any atom is -0.390 e. The van der Waals surface area contributed by atoms with Crippen molar-refractivity contribution in [2.24, 2.45) is 5.92 Å². The van der Waals surface area contributed by atoms with Gasteiger partial charge in [-0.15, -0.1) is 5.10 Å². The van der Waals surface area contributed by atoms with Gasteiger partial charge in [-0.1, -0.05) is 5.21 Å². The van der Waals surface area contributed by atoms with Gasteiger partial charge in [0.15, 0.2) is 0 Å². The molecule has 1 amide bonds. The number of nitrogens with zero attached hydrogens (tertiary/aromatic N) is 4. The molecule has 2 aliphatic rings. The number of carbonyl (C=O) groups is 1. The Kier molecular flexibility index (Phi) is 2.58. The molecule has 6 heteroatoms. The Hall–Kier alpha value is -1.43. The molecule has 1 saturated carbocycles. The lowest BCUT2D eigenvalue weighted by Gasteiger charge is -2.15. The summed E-state index contributed by atoms with van der Waals surface area (Å²) in [7, 11) is 0. The lowest BCUT2D eigenvalue weighted by Crippen LogP contribution is -2.30. The highest BCUT2D eigenvalue weighted by molar-refractivity contribution is 5.81. The van der Waals surface area contributed by atoms with Crippen LogP contribution in [0.2, 0.25) is 0 Å². The molecule has 6 nitrogen and oxygen atoms in total. The highest BCUT2D eigenvalue weighted by Gasteiger charge is 2.37. The largest absolute Gasteiger partial charge is 0.390 e. The van der Waals surface area contributed by atoms with E-state index in [1.165, 1.54) is 0 Å². The minimum absolute atomic E-state index is 0.0859. The van der Waals surface area contributed by atoms with Gasteiger partial charge in [0, 0.05) is 19.0 Å². The summed E-state index contributed by atoms with van der Waals surface area (Å²) in [4.78, 5) is 13.8. The van der Waals surface area contributed by atoms with Gasteiger partial charge in [0.1, 0.15) is 5.69 Å². The van der Waals surface area contributed by atoms with Crippen molar-refractivity contribution in [3.05, 3.63) is 11.9 Å². The van der Waals surface area contributed by atoms with Crippen molar-refractivity contribution in [2.45, 2.75) is 31.9 Å². The van der Waals surface area contributed by atoms with Crippen LogP contribution in [0.1, 0.15) is 31.0 Å². The fourth-order valence-corrected chi connectivity index (χ4v) is 2.31. The van der Waals surface area contributed by atoms with Crippen molar-refractivity contribution in [1.29, 1.82) is 0 Å². The number of carbonyl (C=O) groups excluding carboxylic acids is 1. The van der Waals surface area contributed by atoms with Gasteiger partial charge in [-0.3, -0.25) is 4.79 Å². The molecule has 0 radical (unpaired) electrons. The van der Waals surface area contributed by atoms with Crippen LogP contribution in [-0.2, 0) is 11.4 Å². The Bertz CT molecular complexity index is 427. The highest BCUT2D eigenvalue weighted by atomic mass is 16.3. The maximum atomic E-state index is 11.9. The van der Waals surface area contributed by atoms with Crippen LogP contribution in [0.3, 0.4) is 0 Å². The van der Waals surface area contributed by atoms with E-state index in [4.69, 9.17) is 5.11 Å². The fraction of sp³-hybridized carbons (Fsp3) is 0.727. The molecule has 1 unspecified atom stereocenters. The van der Waals surface area contributed by atoms with E-state index in [1.54, 1.807) is 10.9 Å². The van der Waals surface area contributed by atoms with Gasteiger partial charge < -0.3 is 10.0 Å². The third kappa shape index (κ3) is 2.04. The molecule has 1 aliphatic heterocycles. The normalized spacial score (nSPS) is 24.3. The number of amides is 1. The fourth-order valence-electron chi connectivity index (χ4n) is 2.31. The topological polar surface area (TPSA) is 71.2 Å². The Labute approximate surface area is 99.2 Å². The zero-order valence-corrected chi connectivity index (χ0v) is 9.62. The first-order valence-electron chi connectivity index (χ1n) is 6.08. The molecule has 0 aromatic carbocycles. The Balaban J connectivity index is 1.64. The quantitative estimate of drug-likeness (QED) is 0.799. The summed E-state index contributed by atoms with van der Waals surface area (Å²) in [6.45, 7) is 1.45. The van der Waals surface area contributed by atoms with Gasteiger partial charge in [0.05, 0.1) is 18.8 Å². The lowest BCUT2D eigenvalue weighted by molar-refractivity contribution is -0.131. The SMILES string of the molecule is O=C(C1CC1)N1CCC(n2cc(CO)nn2)C1. The van der Waals surface area contributed by atoms with E-state index < -0.39 is 0 Å². The monoisotopic (exact) mass is 236 g/mol. The first-order chi connectivity index (χ1) is 8.28. The molecule has 2 heterocycles. The zero-order valence-electron chi connectivity index (χ0n) is 9.62. The Morgan fingerprint density at radius 2 is 2.29 bits per heavy atom. The predicted molar refractivity (Wildman–Crippen MR) is 58.9 cm³/mol. The smallest absolute Gasteiger partial charge is 0.225 e. The summed E-state index contributed by atoms with van der Waals surface area (Å²) in [6, 6.07) is 0.213. The van der Waals surface area contributed by atoms with Crippen molar-refractivity contribution in [3.8, 4) is 0 Å². The number of aliphatic hydroxyl groups excluding tert-OH is 1. The second kappa shape index (κ2) is 4.10. The third-order valence-corrected chi connectivity index (χ3v) is 3.50. The van der Waals surface area contributed by atoms with E-state index in [-0.39, 0.29) is 18.6 Å². The van der Waals surface area contributed by atoms with Gasteiger partial charge >= 0.3 is 0 Å². The molecular formula is C11H16N4O2. The van der Waals surface area contributed by atoms with Gasteiger partial charge in [0.2, 0.25) is 5.91 Å². The standard InChI is InChI=1S/C11H16N4O2/c16-7-9-5-15(13-12-9)10-3-4-14(6-10)11(17)8-1-2-8/h5,8,10,16H,1-4,6-7H2. The summed E-state index contributed by atoms with van der Waals surface area (Å²) in [6.07, 6.45) is 4.79. The minimum atomic E-state index is -0.0859. The van der Waals surface area contributed by atoms with E-state index >= 15 is 0 Å². The van der Waals surface area contributed by atoms with E-state index in [0.717, 1.165) is 32.4 Å². The number of aliphatic hydroxyl groups is 1. The number of hydrogen-bond donors (Lipinski definition) is 1. The van der Waals surface area contributed by atoms with Gasteiger partial charge in [0.25, 0.3) is 0 Å². The molecule has 1 N–H and O–H groups in total. The number of rotatable bonds is 3. The van der Waals surface area contributed by atoms with Crippen LogP contribution in [0.15, 0.2) is 6.20 Å². The summed E-state index contributed by atoms with van der Waals surface area (Å²) in [5.74, 6) is 0.590. The maximum absolute atomic E-state index is 11.9. The van der Waals surface area contributed by atoms with Crippen molar-refractivity contribution in [1.82, 2.24) is 19.9 Å². The number of likely N-dealkylation sites (tertiary alicyclic amines) is 1. The summed E-state index contributed by atoms with van der Waals surface area (Å²) < 4.78 is 1.77. The molecule has 2 fully saturated rings. The van der Waals surface area contributed by atoms with Crippen molar-refractivity contribution in [2.75, 3.05) is 13.1 Å². The molecular weight excluding hydrogens is 220 g/mol. The maximum Gasteiger partial charge on any atom is 0.225 e. The molecule has 1 aromatic heterocycles. The van der Waals surface area contributed by atoms with Gasteiger partial charge in [-0.05, 0) is 19.3 Å². The second-order valence-corrected chi connectivity index (χ2v) is 4.85. The van der Waals surface area contributed by atoms with Gasteiger partial charge in [-0.25, -0.2) is 4.68 Å². The molecule has 1 atom stereocenters. The average Bonchev–Trinajstić information content (AvgIpc) is 2.91. The van der Waals surface area contributed by atoms with Crippen LogP contribution in [-0.4, -0.2) is 44.0 Å². The van der Waals surface area contributed by atoms with E-state index in [2.05, 4.69) is 10.3 Å². The van der Waals surface area contributed by atoms with Crippen molar-refractivity contribution < 1.29 is 9.90 Å². The highest BCUT2D eigenvalue weighted by Crippen LogP contribution is 2.33. The Morgan fingerprint density at radius 3 is 2.94 bits per heavy atom. The van der Waals surface area contributed by atoms with Crippen LogP contribution in [0.4, 0.5) is 0 Å². The molecule has 0 spiro atoms. The van der Waals surface area contributed by atoms with Crippen LogP contribution in [0, 0.1) is 5.92 Å². The van der Waals surface area contributed by atoms with Crippen molar-refractivity contribution >= 4 is 5.91 Å². The lowest BCUT2D eigenvalue weighted by atomic mass is 10.3. The molecule has 1 aromatic rings. The van der Waals surface area contributed by atoms with E-state index in [1.807, 2.05) is 4.90 Å². The van der Waals surface area contributed by atoms with Crippen LogP contribution in [0.5, 0.6) is 0 Å².